The van der Waals surface area contributed by atoms with E-state index >= 15 is 0 Å². The van der Waals surface area contributed by atoms with Crippen LogP contribution in [0, 0.1) is 0 Å². The molecule has 0 saturated heterocycles. The first kappa shape index (κ1) is 49.1. The quantitative estimate of drug-likeness (QED) is 0.0300. The Morgan fingerprint density at radius 3 is 2.14 bits per heavy atom. The van der Waals surface area contributed by atoms with Gasteiger partial charge in [-0.05, 0) is 143 Å². The predicted octanol–water partition coefficient (Wildman–Crippen LogP) is 7.31. The number of hydrogen-bond acceptors (Lipinski definition) is 11. The Morgan fingerprint density at radius 1 is 0.859 bits per heavy atom. The number of hydrogen-bond donors (Lipinski definition) is 1. The van der Waals surface area contributed by atoms with Crippen molar-refractivity contribution in [2.24, 2.45) is 0 Å². The Kier molecular flexibility index (Phi) is 15.4. The number of carbonyl (C=O) groups is 2. The van der Waals surface area contributed by atoms with Crippen molar-refractivity contribution < 1.29 is 39.7 Å². The van der Waals surface area contributed by atoms with Crippen LogP contribution in [0.1, 0.15) is 56.4 Å². The molecule has 1 aromatic heterocycles. The molecule has 1 N–H and O–H groups in total. The molecule has 3 aromatic rings. The predicted molar refractivity (Wildman–Crippen MR) is 259 cm³/mol. The summed E-state index contributed by atoms with van der Waals surface area (Å²) in [6, 6.07) is 11.0. The minimum Gasteiger partial charge on any atom is -0.455 e. The average molecular weight is 963 g/mol. The number of thioether (sulfide) groups is 1. The Labute approximate surface area is 385 Å². The Morgan fingerprint density at radius 2 is 1.52 bits per heavy atom. The molecular weight excluding hydrogens is 903 g/mol. The van der Waals surface area contributed by atoms with Crippen LogP contribution in [0.2, 0.25) is 32.2 Å². The molecule has 0 spiro atoms. The van der Waals surface area contributed by atoms with E-state index in [9.17, 15) is 31.0 Å². The minimum atomic E-state index is -4.89. The molecule has 0 saturated carbocycles. The molecule has 6 rings (SSSR count). The van der Waals surface area contributed by atoms with Gasteiger partial charge in [0.1, 0.15) is 18.0 Å². The molecule has 64 heavy (non-hydrogen) atoms. The molecule has 1 aliphatic heterocycles. The Bertz CT molecular complexity index is 2670. The van der Waals surface area contributed by atoms with Gasteiger partial charge >= 0.3 is 0 Å². The molecule has 2 heterocycles. The normalized spacial score (nSPS) is 15.5. The molecule has 2 aliphatic carbocycles. The lowest BCUT2D eigenvalue weighted by Crippen LogP contribution is -2.46. The maximum Gasteiger partial charge on any atom is 0.295 e. The maximum absolute atomic E-state index is 13.9. The topological polar surface area (TPSA) is 167 Å². The van der Waals surface area contributed by atoms with Gasteiger partial charge < -0.3 is 9.02 Å². The van der Waals surface area contributed by atoms with Crippen LogP contribution in [0.4, 0.5) is 5.69 Å². The third-order valence-electron chi connectivity index (χ3n) is 11.7. The highest BCUT2D eigenvalue weighted by molar-refractivity contribution is 8.00. The van der Waals surface area contributed by atoms with Crippen molar-refractivity contribution in [1.82, 2.24) is 14.9 Å². The van der Waals surface area contributed by atoms with Crippen LogP contribution in [0.5, 0.6) is 0 Å². The fourth-order valence-electron chi connectivity index (χ4n) is 8.57. The van der Waals surface area contributed by atoms with Crippen molar-refractivity contribution in [3.05, 3.63) is 113 Å². The summed E-state index contributed by atoms with van der Waals surface area (Å²) in [5.74, 6) is -0.877. The number of amides is 2. The van der Waals surface area contributed by atoms with Crippen LogP contribution in [0.15, 0.2) is 105 Å². The number of sulfone groups is 1. The molecule has 0 atom stereocenters. The van der Waals surface area contributed by atoms with Crippen molar-refractivity contribution in [2.45, 2.75) is 94.1 Å². The van der Waals surface area contributed by atoms with E-state index in [2.05, 4.69) is 85.5 Å². The summed E-state index contributed by atoms with van der Waals surface area (Å²) < 4.78 is 73.9. The van der Waals surface area contributed by atoms with E-state index in [0.29, 0.717) is 41.1 Å². The van der Waals surface area contributed by atoms with Gasteiger partial charge in [-0.25, -0.2) is 23.0 Å². The van der Waals surface area contributed by atoms with Gasteiger partial charge in [-0.1, -0.05) is 23.9 Å². The number of carbonyl (C=O) groups excluding carboxylic acids is 2. The lowest BCUT2D eigenvalue weighted by Gasteiger charge is -2.34. The fourth-order valence-corrected chi connectivity index (χ4v) is 21.0. The van der Waals surface area contributed by atoms with Gasteiger partial charge in [0.2, 0.25) is 0 Å². The van der Waals surface area contributed by atoms with E-state index in [0.717, 1.165) is 72.0 Å². The van der Waals surface area contributed by atoms with E-state index in [-0.39, 0.29) is 34.4 Å². The van der Waals surface area contributed by atoms with Gasteiger partial charge in [0.05, 0.1) is 10.6 Å². The number of fused-ring (bicyclic) bond motifs is 2. The minimum absolute atomic E-state index is 0.0892. The smallest absolute Gasteiger partial charge is 0.295 e. The third kappa shape index (κ3) is 11.6. The molecule has 0 unspecified atom stereocenters. The molecule has 0 fully saturated rings. The first-order valence-corrected chi connectivity index (χ1v) is 32.2. The fraction of sp³-hybridized carbons (Fsp3) is 0.413. The van der Waals surface area contributed by atoms with E-state index in [1.165, 1.54) is 40.9 Å². The Balaban J connectivity index is 1.18. The summed E-state index contributed by atoms with van der Waals surface area (Å²) in [6.07, 6.45) is 13.4. The van der Waals surface area contributed by atoms with Crippen molar-refractivity contribution in [3.8, 4) is 0 Å². The lowest BCUT2D eigenvalue weighted by atomic mass is 9.77. The third-order valence-corrected chi connectivity index (χ3v) is 24.1. The lowest BCUT2D eigenvalue weighted by molar-refractivity contribution is -0.519. The highest BCUT2D eigenvalue weighted by Gasteiger charge is 2.35. The second-order valence-corrected chi connectivity index (χ2v) is 31.0. The van der Waals surface area contributed by atoms with E-state index in [1.54, 1.807) is 12.4 Å². The molecule has 2 amide bonds. The van der Waals surface area contributed by atoms with Crippen molar-refractivity contribution >= 4 is 77.1 Å². The van der Waals surface area contributed by atoms with Crippen molar-refractivity contribution in [3.63, 3.8) is 0 Å². The van der Waals surface area contributed by atoms with Crippen LogP contribution in [-0.2, 0) is 46.5 Å². The number of aryl methyl sites for hydroxylation is 1. The van der Waals surface area contributed by atoms with Crippen LogP contribution < -0.4 is 4.90 Å². The van der Waals surface area contributed by atoms with E-state index in [4.69, 9.17) is 4.12 Å². The zero-order valence-electron chi connectivity index (χ0n) is 38.0. The van der Waals surface area contributed by atoms with Gasteiger partial charge in [-0.15, -0.1) is 0 Å². The van der Waals surface area contributed by atoms with Gasteiger partial charge in [0, 0.05) is 73.0 Å². The van der Waals surface area contributed by atoms with E-state index < -0.39 is 41.5 Å². The van der Waals surface area contributed by atoms with Gasteiger partial charge in [-0.3, -0.25) is 19.0 Å². The highest BCUT2D eigenvalue weighted by Crippen LogP contribution is 2.44. The van der Waals surface area contributed by atoms with Crippen LogP contribution in [0.25, 0.3) is 5.57 Å². The van der Waals surface area contributed by atoms with E-state index in [1.807, 2.05) is 24.3 Å². The first-order chi connectivity index (χ1) is 30.2. The Hall–Kier alpha value is -4.31. The number of aromatic nitrogens is 2. The zero-order chi connectivity index (χ0) is 46.6. The average Bonchev–Trinajstić information content (AvgIpc) is 3.57. The highest BCUT2D eigenvalue weighted by atomic mass is 32.2. The van der Waals surface area contributed by atoms with Crippen LogP contribution in [0.3, 0.4) is 0 Å². The second-order valence-electron chi connectivity index (χ2n) is 17.3. The molecule has 18 heteroatoms. The number of allylic oxidation sites excluding steroid dienone is 5. The summed E-state index contributed by atoms with van der Waals surface area (Å²) in [5.41, 5.74) is 7.22. The molecule has 2 aromatic carbocycles. The summed E-state index contributed by atoms with van der Waals surface area (Å²) in [6.45, 7) is 20.6. The molecule has 13 nitrogen and oxygen atoms in total. The summed E-state index contributed by atoms with van der Waals surface area (Å²) in [5, 5.41) is 1.24. The number of benzene rings is 2. The summed E-state index contributed by atoms with van der Waals surface area (Å²) in [7, 11) is -13.2. The van der Waals surface area contributed by atoms with Crippen molar-refractivity contribution in [2.75, 3.05) is 48.8 Å². The maximum atomic E-state index is 13.9. The zero-order valence-corrected chi connectivity index (χ0v) is 42.5. The second kappa shape index (κ2) is 20.1. The number of rotatable bonds is 20. The summed E-state index contributed by atoms with van der Waals surface area (Å²) >= 11 is 1.48. The molecular formula is C46H60N5O8S3Si2+. The SMILES string of the molecule is CCN(CC)c1ccc2c(c1)CC1=CC(=[N+](CC)CC)C=CC1=C2c1ccc(S(=O)(=O)CCc2cnc(SC[Si](C)(C)O[Si](C)(C)CCCN3C(=O)C=CC3=O)nc2)cc1S(=O)(=O)O. The van der Waals surface area contributed by atoms with Gasteiger partial charge in [0.15, 0.2) is 37.3 Å². The van der Waals surface area contributed by atoms with Crippen LogP contribution in [-0.4, -0.2) is 119 Å². The van der Waals surface area contributed by atoms with Gasteiger partial charge in [-0.2, -0.15) is 8.42 Å². The number of nitrogens with zero attached hydrogens (tertiary/aromatic N) is 5. The number of anilines is 1. The first-order valence-electron chi connectivity index (χ1n) is 21.8. The van der Waals surface area contributed by atoms with Gasteiger partial charge in [0.25, 0.3) is 21.9 Å². The van der Waals surface area contributed by atoms with Crippen LogP contribution >= 0.6 is 11.8 Å². The molecule has 0 bridgehead atoms. The van der Waals surface area contributed by atoms with Crippen molar-refractivity contribution in [1.29, 1.82) is 0 Å². The monoisotopic (exact) mass is 962 g/mol. The molecule has 0 radical (unpaired) electrons. The summed E-state index contributed by atoms with van der Waals surface area (Å²) in [4.78, 5) is 35.6. The molecule has 342 valence electrons. The standard InChI is InChI=1S/C46H59N5O8S3Si2/c1-9-49(10-2)36-14-17-39-34(27-36)26-35-28-37(50(11-3)12-4)15-18-40(35)45(39)41-19-16-38(29-42(41)62(56,57)58)61(54,55)24-22-33-30-47-46(48-31-33)60-32-64(7,8)59-63(5,6)25-13-23-51-43(52)20-21-44(51)53/h14-21,27-31H,9-13,22-26,32H2,1-8H3/p+1. The largest absolute Gasteiger partial charge is 0.455 e. The number of imide groups is 1. The molecule has 3 aliphatic rings.